The lowest BCUT2D eigenvalue weighted by Crippen LogP contribution is -2.30. The zero-order chi connectivity index (χ0) is 15.6. The summed E-state index contributed by atoms with van der Waals surface area (Å²) >= 11 is 0. The number of primary sulfonamides is 1. The van der Waals surface area contributed by atoms with Gasteiger partial charge in [0.05, 0.1) is 17.4 Å². The van der Waals surface area contributed by atoms with Crippen molar-refractivity contribution in [3.8, 4) is 5.75 Å². The molecule has 0 radical (unpaired) electrons. The van der Waals surface area contributed by atoms with Gasteiger partial charge in [-0.05, 0) is 36.1 Å². The van der Waals surface area contributed by atoms with Gasteiger partial charge in [-0.2, -0.15) is 0 Å². The van der Waals surface area contributed by atoms with Gasteiger partial charge in [-0.1, -0.05) is 13.8 Å². The molecule has 1 atom stereocenters. The third kappa shape index (κ3) is 3.95. The summed E-state index contributed by atoms with van der Waals surface area (Å²) in [5.74, 6) is 0.0948. The van der Waals surface area contributed by atoms with E-state index in [1.165, 1.54) is 12.1 Å². The minimum atomic E-state index is -3.77. The maximum absolute atomic E-state index is 11.9. The van der Waals surface area contributed by atoms with Crippen molar-refractivity contribution in [1.82, 2.24) is 0 Å². The largest absolute Gasteiger partial charge is 0.492 e. The first-order chi connectivity index (χ1) is 9.77. The lowest BCUT2D eigenvalue weighted by atomic mass is 9.97. The number of sulfonamides is 1. The van der Waals surface area contributed by atoms with Gasteiger partial charge in [-0.25, -0.2) is 13.6 Å². The van der Waals surface area contributed by atoms with Crippen molar-refractivity contribution in [2.45, 2.75) is 25.2 Å². The summed E-state index contributed by atoms with van der Waals surface area (Å²) in [6.45, 7) is 4.51. The van der Waals surface area contributed by atoms with Gasteiger partial charge in [-0.15, -0.1) is 0 Å². The van der Waals surface area contributed by atoms with Crippen LogP contribution in [0.4, 0.5) is 0 Å². The second-order valence-corrected chi connectivity index (χ2v) is 7.11. The molecule has 2 rings (SSSR count). The molecule has 1 heterocycles. The van der Waals surface area contributed by atoms with Gasteiger partial charge in [0.1, 0.15) is 12.4 Å². The van der Waals surface area contributed by atoms with Crippen LogP contribution in [-0.2, 0) is 26.0 Å². The molecule has 0 saturated carbocycles. The van der Waals surface area contributed by atoms with Gasteiger partial charge < -0.3 is 9.47 Å². The molecule has 6 nitrogen and oxygen atoms in total. The monoisotopic (exact) mass is 313 g/mol. The summed E-state index contributed by atoms with van der Waals surface area (Å²) in [5.41, 5.74) is 0.652. The van der Waals surface area contributed by atoms with Gasteiger partial charge in [0.15, 0.2) is 0 Å². The smallest absolute Gasteiger partial charge is 0.312 e. The van der Waals surface area contributed by atoms with Crippen molar-refractivity contribution in [2.24, 2.45) is 17.0 Å². The average Bonchev–Trinajstić information content (AvgIpc) is 2.42. The molecule has 7 heteroatoms. The van der Waals surface area contributed by atoms with Crippen LogP contribution < -0.4 is 9.88 Å². The minimum Gasteiger partial charge on any atom is -0.492 e. The fraction of sp³-hybridized carbons (Fsp3) is 0.500. The molecule has 0 aliphatic carbocycles. The summed E-state index contributed by atoms with van der Waals surface area (Å²) in [5, 5.41) is 5.11. The molecule has 1 aliphatic heterocycles. The summed E-state index contributed by atoms with van der Waals surface area (Å²) in [7, 11) is -3.77. The lowest BCUT2D eigenvalue weighted by Gasteiger charge is -2.24. The number of carbonyl (C=O) groups is 1. The number of fused-ring (bicyclic) bond motifs is 1. The number of benzene rings is 1. The van der Waals surface area contributed by atoms with Crippen LogP contribution >= 0.6 is 0 Å². The Bertz CT molecular complexity index is 639. The molecule has 2 N–H and O–H groups in total. The molecule has 1 aromatic carbocycles. The third-order valence-electron chi connectivity index (χ3n) is 3.16. The van der Waals surface area contributed by atoms with Crippen molar-refractivity contribution >= 4 is 16.0 Å². The van der Waals surface area contributed by atoms with Gasteiger partial charge >= 0.3 is 5.97 Å². The first kappa shape index (κ1) is 15.8. The zero-order valence-electron chi connectivity index (χ0n) is 12.0. The highest BCUT2D eigenvalue weighted by Crippen LogP contribution is 2.29. The highest BCUT2D eigenvalue weighted by Gasteiger charge is 2.28. The Morgan fingerprint density at radius 2 is 2.19 bits per heavy atom. The van der Waals surface area contributed by atoms with Crippen molar-refractivity contribution in [1.29, 1.82) is 0 Å². The Morgan fingerprint density at radius 3 is 2.81 bits per heavy atom. The molecule has 0 bridgehead atoms. The van der Waals surface area contributed by atoms with Crippen LogP contribution in [0, 0.1) is 11.8 Å². The van der Waals surface area contributed by atoms with Crippen LogP contribution in [-0.4, -0.2) is 27.6 Å². The molecular formula is C14H19NO5S. The Hall–Kier alpha value is -1.60. The molecule has 1 aliphatic rings. The zero-order valence-corrected chi connectivity index (χ0v) is 12.9. The van der Waals surface area contributed by atoms with Gasteiger partial charge in [0, 0.05) is 0 Å². The van der Waals surface area contributed by atoms with Crippen LogP contribution in [0.25, 0.3) is 0 Å². The van der Waals surface area contributed by atoms with E-state index in [9.17, 15) is 13.2 Å². The lowest BCUT2D eigenvalue weighted by molar-refractivity contribution is -0.151. The molecule has 1 aromatic rings. The maximum Gasteiger partial charge on any atom is 0.312 e. The van der Waals surface area contributed by atoms with E-state index in [2.05, 4.69) is 0 Å². The third-order valence-corrected chi connectivity index (χ3v) is 4.07. The molecular weight excluding hydrogens is 294 g/mol. The fourth-order valence-electron chi connectivity index (χ4n) is 2.07. The van der Waals surface area contributed by atoms with E-state index >= 15 is 0 Å². The van der Waals surface area contributed by atoms with Crippen molar-refractivity contribution in [3.05, 3.63) is 23.8 Å². The van der Waals surface area contributed by atoms with E-state index in [1.807, 2.05) is 13.8 Å². The van der Waals surface area contributed by atoms with E-state index in [-0.39, 0.29) is 23.4 Å². The summed E-state index contributed by atoms with van der Waals surface area (Å²) in [4.78, 5) is 12.0. The fourth-order valence-corrected chi connectivity index (χ4v) is 2.63. The normalized spacial score (nSPS) is 18.0. The Balaban J connectivity index is 2.13. The number of ether oxygens (including phenoxy) is 2. The van der Waals surface area contributed by atoms with Crippen LogP contribution in [0.5, 0.6) is 5.75 Å². The topological polar surface area (TPSA) is 95.7 Å². The molecule has 0 saturated heterocycles. The maximum atomic E-state index is 11.9. The van der Waals surface area contributed by atoms with Crippen molar-refractivity contribution in [2.75, 3.05) is 13.2 Å². The number of rotatable bonds is 4. The van der Waals surface area contributed by atoms with E-state index in [0.29, 0.717) is 24.3 Å². The van der Waals surface area contributed by atoms with Gasteiger partial charge in [0.2, 0.25) is 10.0 Å². The van der Waals surface area contributed by atoms with Gasteiger partial charge in [0.25, 0.3) is 0 Å². The first-order valence-electron chi connectivity index (χ1n) is 6.72. The highest BCUT2D eigenvalue weighted by atomic mass is 32.2. The van der Waals surface area contributed by atoms with Crippen LogP contribution in [0.3, 0.4) is 0 Å². The van der Waals surface area contributed by atoms with E-state index in [1.54, 1.807) is 6.07 Å². The Kier molecular flexibility index (Phi) is 4.53. The predicted octanol–water partition coefficient (Wildman–Crippen LogP) is 1.08. The molecule has 0 aromatic heterocycles. The van der Waals surface area contributed by atoms with E-state index in [4.69, 9.17) is 14.6 Å². The van der Waals surface area contributed by atoms with Crippen LogP contribution in [0.1, 0.15) is 19.4 Å². The SMILES string of the molecule is CC(C)COC(=O)C1COc2ccc(S(N)(=O)=O)cc2C1. The average molecular weight is 313 g/mol. The number of hydrogen-bond donors (Lipinski definition) is 1. The second-order valence-electron chi connectivity index (χ2n) is 5.55. The number of nitrogens with two attached hydrogens (primary N) is 1. The molecule has 0 spiro atoms. The van der Waals surface area contributed by atoms with Crippen molar-refractivity contribution < 1.29 is 22.7 Å². The molecule has 21 heavy (non-hydrogen) atoms. The number of carbonyl (C=O) groups excluding carboxylic acids is 1. The number of hydrogen-bond acceptors (Lipinski definition) is 5. The minimum absolute atomic E-state index is 0.0149. The first-order valence-corrected chi connectivity index (χ1v) is 8.27. The Labute approximate surface area is 124 Å². The molecule has 0 fully saturated rings. The molecule has 0 amide bonds. The van der Waals surface area contributed by atoms with E-state index in [0.717, 1.165) is 0 Å². The molecule has 1 unspecified atom stereocenters. The predicted molar refractivity (Wildman–Crippen MR) is 76.3 cm³/mol. The van der Waals surface area contributed by atoms with Gasteiger partial charge in [-0.3, -0.25) is 4.79 Å². The summed E-state index contributed by atoms with van der Waals surface area (Å²) in [6.07, 6.45) is 0.385. The standard InChI is InChI=1S/C14H19NO5S/c1-9(2)7-20-14(16)11-5-10-6-12(21(15,17)18)3-4-13(10)19-8-11/h3-4,6,9,11H,5,7-8H2,1-2H3,(H2,15,17,18). The van der Waals surface area contributed by atoms with Crippen molar-refractivity contribution in [3.63, 3.8) is 0 Å². The highest BCUT2D eigenvalue weighted by molar-refractivity contribution is 7.89. The Morgan fingerprint density at radius 1 is 1.48 bits per heavy atom. The number of esters is 1. The quantitative estimate of drug-likeness (QED) is 0.839. The molecule has 116 valence electrons. The summed E-state index contributed by atoms with van der Waals surface area (Å²) < 4.78 is 33.4. The van der Waals surface area contributed by atoms with Crippen LogP contribution in [0.2, 0.25) is 0 Å². The second kappa shape index (κ2) is 6.03. The van der Waals surface area contributed by atoms with E-state index < -0.39 is 15.9 Å². The summed E-state index contributed by atoms with van der Waals surface area (Å²) in [6, 6.07) is 4.41. The van der Waals surface area contributed by atoms with Crippen LogP contribution in [0.15, 0.2) is 23.1 Å².